The Kier molecular flexibility index (Phi) is 2.20. The molecule has 2 aromatic heterocycles. The molecule has 0 aromatic carbocycles. The highest BCUT2D eigenvalue weighted by atomic mass is 16.2. The van der Waals surface area contributed by atoms with E-state index in [1.54, 1.807) is 24.7 Å². The molecule has 1 N–H and O–H groups in total. The third kappa shape index (κ3) is 1.46. The number of pyridine rings is 2. The number of hydrogen-bond donors (Lipinski definition) is 1. The Hall–Kier alpha value is -2.95. The molecule has 0 bridgehead atoms. The van der Waals surface area contributed by atoms with Crippen molar-refractivity contribution in [1.29, 1.82) is 0 Å². The summed E-state index contributed by atoms with van der Waals surface area (Å²) in [6.45, 7) is 0. The zero-order valence-electron chi connectivity index (χ0n) is 10.4. The second kappa shape index (κ2) is 4.03. The Labute approximate surface area is 114 Å². The van der Waals surface area contributed by atoms with E-state index in [-0.39, 0.29) is 5.91 Å². The van der Waals surface area contributed by atoms with Gasteiger partial charge < -0.3 is 10.2 Å². The van der Waals surface area contributed by atoms with Gasteiger partial charge in [0, 0.05) is 17.8 Å². The SMILES string of the molecule is O=C1Nc2cnc3cnccc3c2N2C=CC=CC=C12. The Bertz CT molecular complexity index is 820. The molecule has 5 heteroatoms. The number of allylic oxidation sites excluding steroid dienone is 4. The Morgan fingerprint density at radius 1 is 1.15 bits per heavy atom. The number of amides is 1. The number of nitrogens with one attached hydrogen (secondary N) is 1. The normalized spacial score (nSPS) is 16.3. The molecule has 20 heavy (non-hydrogen) atoms. The van der Waals surface area contributed by atoms with Crippen molar-refractivity contribution >= 4 is 28.2 Å². The fourth-order valence-corrected chi connectivity index (χ4v) is 2.45. The minimum absolute atomic E-state index is 0.135. The minimum Gasteiger partial charge on any atom is -0.318 e. The van der Waals surface area contributed by atoms with Crippen LogP contribution in [0.25, 0.3) is 10.9 Å². The summed E-state index contributed by atoms with van der Waals surface area (Å²) in [5.74, 6) is -0.135. The number of carbonyl (C=O) groups excluding carboxylic acids is 1. The smallest absolute Gasteiger partial charge is 0.272 e. The maximum atomic E-state index is 12.2. The third-order valence-corrected chi connectivity index (χ3v) is 3.34. The monoisotopic (exact) mass is 262 g/mol. The van der Waals surface area contributed by atoms with Crippen molar-refractivity contribution in [3.63, 3.8) is 0 Å². The van der Waals surface area contributed by atoms with Gasteiger partial charge in [-0.05, 0) is 18.2 Å². The first-order valence-electron chi connectivity index (χ1n) is 6.23. The summed E-state index contributed by atoms with van der Waals surface area (Å²) in [4.78, 5) is 22.5. The number of carbonyl (C=O) groups is 1. The molecular formula is C15H10N4O. The van der Waals surface area contributed by atoms with Gasteiger partial charge in [0.25, 0.3) is 5.91 Å². The van der Waals surface area contributed by atoms with Gasteiger partial charge in [-0.2, -0.15) is 0 Å². The van der Waals surface area contributed by atoms with Gasteiger partial charge in [0.15, 0.2) is 0 Å². The lowest BCUT2D eigenvalue weighted by Gasteiger charge is -2.30. The van der Waals surface area contributed by atoms with Crippen molar-refractivity contribution in [3.8, 4) is 0 Å². The van der Waals surface area contributed by atoms with Crippen molar-refractivity contribution in [2.75, 3.05) is 10.2 Å². The average Bonchev–Trinajstić information content (AvgIpc) is 2.73. The second-order valence-corrected chi connectivity index (χ2v) is 4.52. The van der Waals surface area contributed by atoms with Crippen LogP contribution in [0.15, 0.2) is 60.9 Å². The summed E-state index contributed by atoms with van der Waals surface area (Å²) in [6, 6.07) is 1.91. The zero-order valence-corrected chi connectivity index (χ0v) is 10.4. The summed E-state index contributed by atoms with van der Waals surface area (Å²) in [5, 5.41) is 3.83. The Morgan fingerprint density at radius 2 is 2.10 bits per heavy atom. The van der Waals surface area contributed by atoms with Crippen molar-refractivity contribution < 1.29 is 4.79 Å². The zero-order chi connectivity index (χ0) is 13.5. The van der Waals surface area contributed by atoms with Gasteiger partial charge in [-0.25, -0.2) is 0 Å². The quantitative estimate of drug-likeness (QED) is 0.791. The van der Waals surface area contributed by atoms with Crippen LogP contribution >= 0.6 is 0 Å². The predicted octanol–water partition coefficient (Wildman–Crippen LogP) is 2.36. The largest absolute Gasteiger partial charge is 0.318 e. The number of anilines is 2. The van der Waals surface area contributed by atoms with E-state index in [4.69, 9.17) is 0 Å². The maximum absolute atomic E-state index is 12.2. The Balaban J connectivity index is 2.07. The van der Waals surface area contributed by atoms with Crippen molar-refractivity contribution in [1.82, 2.24) is 9.97 Å². The third-order valence-electron chi connectivity index (χ3n) is 3.34. The first kappa shape index (κ1) is 10.9. The summed E-state index contributed by atoms with van der Waals surface area (Å²) < 4.78 is 0. The van der Waals surface area contributed by atoms with Crippen LogP contribution in [0.1, 0.15) is 0 Å². The summed E-state index contributed by atoms with van der Waals surface area (Å²) in [7, 11) is 0. The van der Waals surface area contributed by atoms with E-state index in [0.29, 0.717) is 11.4 Å². The van der Waals surface area contributed by atoms with Gasteiger partial charge in [0.1, 0.15) is 5.70 Å². The molecule has 0 saturated carbocycles. The number of aromatic nitrogens is 2. The fraction of sp³-hybridized carbons (Fsp3) is 0. The molecule has 0 fully saturated rings. The van der Waals surface area contributed by atoms with E-state index in [2.05, 4.69) is 15.3 Å². The number of fused-ring (bicyclic) bond motifs is 5. The molecule has 1 amide bonds. The van der Waals surface area contributed by atoms with Crippen LogP contribution in [0, 0.1) is 0 Å². The number of nitrogens with zero attached hydrogens (tertiary/aromatic N) is 3. The van der Waals surface area contributed by atoms with E-state index in [1.807, 2.05) is 35.4 Å². The molecule has 0 spiro atoms. The summed E-state index contributed by atoms with van der Waals surface area (Å²) in [5.41, 5.74) is 3.01. The lowest BCUT2D eigenvalue weighted by molar-refractivity contribution is -0.113. The number of rotatable bonds is 0. The van der Waals surface area contributed by atoms with Crippen molar-refractivity contribution in [3.05, 3.63) is 60.9 Å². The lowest BCUT2D eigenvalue weighted by atomic mass is 10.1. The summed E-state index contributed by atoms with van der Waals surface area (Å²) in [6.07, 6.45) is 14.4. The van der Waals surface area contributed by atoms with Crippen molar-refractivity contribution in [2.45, 2.75) is 0 Å². The molecule has 0 atom stereocenters. The predicted molar refractivity (Wildman–Crippen MR) is 77.0 cm³/mol. The van der Waals surface area contributed by atoms with Crippen LogP contribution in [0.4, 0.5) is 11.4 Å². The van der Waals surface area contributed by atoms with Crippen LogP contribution in [0.3, 0.4) is 0 Å². The van der Waals surface area contributed by atoms with Gasteiger partial charge in [0.05, 0.1) is 29.3 Å². The molecular weight excluding hydrogens is 252 g/mol. The average molecular weight is 262 g/mol. The highest BCUT2D eigenvalue weighted by Crippen LogP contribution is 2.39. The number of hydrogen-bond acceptors (Lipinski definition) is 4. The second-order valence-electron chi connectivity index (χ2n) is 4.52. The molecule has 0 unspecified atom stereocenters. The van der Waals surface area contributed by atoms with Crippen molar-refractivity contribution in [2.24, 2.45) is 0 Å². The molecule has 0 radical (unpaired) electrons. The molecule has 0 aliphatic carbocycles. The van der Waals surface area contributed by atoms with E-state index in [0.717, 1.165) is 16.6 Å². The highest BCUT2D eigenvalue weighted by Gasteiger charge is 2.28. The Morgan fingerprint density at radius 3 is 3.05 bits per heavy atom. The van der Waals surface area contributed by atoms with E-state index < -0.39 is 0 Å². The van der Waals surface area contributed by atoms with Gasteiger partial charge in [-0.15, -0.1) is 0 Å². The van der Waals surface area contributed by atoms with Gasteiger partial charge >= 0.3 is 0 Å². The molecule has 4 rings (SSSR count). The van der Waals surface area contributed by atoms with Crippen LogP contribution in [0.2, 0.25) is 0 Å². The van der Waals surface area contributed by atoms with Crippen LogP contribution in [-0.4, -0.2) is 15.9 Å². The molecule has 2 aliphatic heterocycles. The molecule has 2 aliphatic rings. The molecule has 0 saturated heterocycles. The molecule has 2 aromatic rings. The molecule has 5 nitrogen and oxygen atoms in total. The first-order chi connectivity index (χ1) is 9.84. The van der Waals surface area contributed by atoms with Crippen LogP contribution < -0.4 is 10.2 Å². The summed E-state index contributed by atoms with van der Waals surface area (Å²) >= 11 is 0. The lowest BCUT2D eigenvalue weighted by Crippen LogP contribution is -2.32. The van der Waals surface area contributed by atoms with E-state index in [9.17, 15) is 4.79 Å². The van der Waals surface area contributed by atoms with Gasteiger partial charge in [0.2, 0.25) is 0 Å². The van der Waals surface area contributed by atoms with Gasteiger partial charge in [-0.3, -0.25) is 14.8 Å². The van der Waals surface area contributed by atoms with Crippen LogP contribution in [0.5, 0.6) is 0 Å². The maximum Gasteiger partial charge on any atom is 0.272 e. The highest BCUT2D eigenvalue weighted by molar-refractivity contribution is 6.16. The fourth-order valence-electron chi connectivity index (χ4n) is 2.45. The standard InChI is InChI=1S/C15H10N4O/c20-15-13-4-2-1-3-7-19(13)14-10-5-6-16-8-11(10)17-9-12(14)18-15/h1-9H,(H,18,20). The van der Waals surface area contributed by atoms with Gasteiger partial charge in [-0.1, -0.05) is 12.2 Å². The molecule has 4 heterocycles. The first-order valence-corrected chi connectivity index (χ1v) is 6.23. The van der Waals surface area contributed by atoms with E-state index in [1.165, 1.54) is 0 Å². The minimum atomic E-state index is -0.135. The van der Waals surface area contributed by atoms with E-state index >= 15 is 0 Å². The van der Waals surface area contributed by atoms with Crippen LogP contribution in [-0.2, 0) is 4.79 Å². The topological polar surface area (TPSA) is 58.1 Å². The molecule has 96 valence electrons.